The molecule has 2 aromatic carbocycles. The van der Waals surface area contributed by atoms with Crippen LogP contribution in [0.4, 0.5) is 5.82 Å². The van der Waals surface area contributed by atoms with Gasteiger partial charge < -0.3 is 16.8 Å². The first kappa shape index (κ1) is 20.0. The number of primary amides is 1. The summed E-state index contributed by atoms with van der Waals surface area (Å²) in [6.07, 6.45) is 1.89. The number of nitrogens with two attached hydrogens (primary N) is 2. The summed E-state index contributed by atoms with van der Waals surface area (Å²) in [5.41, 5.74) is 16.2. The maximum Gasteiger partial charge on any atom is 0.271 e. The van der Waals surface area contributed by atoms with Crippen LogP contribution in [0.3, 0.4) is 0 Å². The van der Waals surface area contributed by atoms with E-state index in [1.165, 1.54) is 6.20 Å². The summed E-state index contributed by atoms with van der Waals surface area (Å²) in [6.45, 7) is 4.51. The van der Waals surface area contributed by atoms with Crippen LogP contribution in [0.5, 0.6) is 0 Å². The molecular formula is C22H23N5O2. The molecule has 3 rings (SSSR count). The van der Waals surface area contributed by atoms with Gasteiger partial charge in [-0.25, -0.2) is 9.97 Å². The molecule has 0 unspecified atom stereocenters. The molecule has 0 saturated carbocycles. The minimum Gasteiger partial charge on any atom is -0.382 e. The van der Waals surface area contributed by atoms with E-state index in [0.717, 1.165) is 22.3 Å². The average Bonchev–Trinajstić information content (AvgIpc) is 2.70. The summed E-state index contributed by atoms with van der Waals surface area (Å²) >= 11 is 0. The number of hydrogen-bond donors (Lipinski definition) is 3. The van der Waals surface area contributed by atoms with Crippen molar-refractivity contribution in [3.8, 4) is 0 Å². The molecule has 7 nitrogen and oxygen atoms in total. The second-order valence-corrected chi connectivity index (χ2v) is 6.95. The quantitative estimate of drug-likeness (QED) is 0.597. The first-order valence-corrected chi connectivity index (χ1v) is 9.18. The second-order valence-electron chi connectivity index (χ2n) is 6.95. The summed E-state index contributed by atoms with van der Waals surface area (Å²) in [7, 11) is 0. The van der Waals surface area contributed by atoms with Crippen molar-refractivity contribution in [3.05, 3.63) is 87.9 Å². The third-order valence-corrected chi connectivity index (χ3v) is 4.60. The van der Waals surface area contributed by atoms with Gasteiger partial charge in [0.05, 0.1) is 11.9 Å². The minimum absolute atomic E-state index is 0.000760. The Morgan fingerprint density at radius 1 is 1.10 bits per heavy atom. The number of anilines is 1. The molecule has 0 radical (unpaired) electrons. The maximum absolute atomic E-state index is 12.6. The summed E-state index contributed by atoms with van der Waals surface area (Å²) in [5, 5.41) is 2.96. The van der Waals surface area contributed by atoms with Crippen LogP contribution < -0.4 is 16.8 Å². The fourth-order valence-electron chi connectivity index (χ4n) is 3.00. The van der Waals surface area contributed by atoms with Gasteiger partial charge in [-0.2, -0.15) is 0 Å². The number of nitrogen functional groups attached to an aromatic ring is 1. The lowest BCUT2D eigenvalue weighted by Crippen LogP contribution is -2.23. The normalized spacial score (nSPS) is 10.6. The van der Waals surface area contributed by atoms with Gasteiger partial charge in [-0.1, -0.05) is 35.9 Å². The van der Waals surface area contributed by atoms with Crippen LogP contribution in [-0.2, 0) is 13.0 Å². The molecule has 0 bridgehead atoms. The van der Waals surface area contributed by atoms with E-state index < -0.39 is 5.91 Å². The largest absolute Gasteiger partial charge is 0.382 e. The Labute approximate surface area is 169 Å². The number of aryl methyl sites for hydroxylation is 2. The highest BCUT2D eigenvalue weighted by Gasteiger charge is 2.12. The molecule has 7 heteroatoms. The van der Waals surface area contributed by atoms with Crippen LogP contribution in [0.25, 0.3) is 0 Å². The zero-order valence-corrected chi connectivity index (χ0v) is 16.4. The predicted octanol–water partition coefficient (Wildman–Crippen LogP) is 2.30. The van der Waals surface area contributed by atoms with Gasteiger partial charge in [0.1, 0.15) is 0 Å². The van der Waals surface area contributed by atoms with Crippen molar-refractivity contribution in [1.82, 2.24) is 15.3 Å². The number of benzene rings is 2. The Kier molecular flexibility index (Phi) is 5.87. The molecule has 3 aromatic rings. The highest BCUT2D eigenvalue weighted by molar-refractivity contribution is 5.95. The molecule has 0 atom stereocenters. The Balaban J connectivity index is 1.72. The number of carbonyl (C=O) groups is 2. The number of rotatable bonds is 6. The van der Waals surface area contributed by atoms with Crippen molar-refractivity contribution >= 4 is 17.6 Å². The van der Waals surface area contributed by atoms with Crippen molar-refractivity contribution in [2.24, 2.45) is 5.73 Å². The standard InChI is InChI=1S/C22H23N5O2/c1-13-6-7-14(2)17(8-13)11-26-22(29)16-5-3-4-15(9-16)10-18-12-25-20(23)19(27-18)21(24)28/h3-9,12H,10-11H2,1-2H3,(H2,23,25)(H2,24,28)(H,26,29). The summed E-state index contributed by atoms with van der Waals surface area (Å²) in [4.78, 5) is 32.1. The Hall–Kier alpha value is -3.74. The summed E-state index contributed by atoms with van der Waals surface area (Å²) < 4.78 is 0. The molecule has 0 aliphatic rings. The van der Waals surface area contributed by atoms with E-state index in [1.54, 1.807) is 12.1 Å². The van der Waals surface area contributed by atoms with Crippen molar-refractivity contribution in [1.29, 1.82) is 0 Å². The van der Waals surface area contributed by atoms with Crippen molar-refractivity contribution in [2.45, 2.75) is 26.8 Å². The van der Waals surface area contributed by atoms with Crippen LogP contribution in [-0.4, -0.2) is 21.8 Å². The first-order chi connectivity index (χ1) is 13.8. The molecule has 5 N–H and O–H groups in total. The third-order valence-electron chi connectivity index (χ3n) is 4.60. The van der Waals surface area contributed by atoms with Gasteiger partial charge in [0.15, 0.2) is 11.5 Å². The van der Waals surface area contributed by atoms with Gasteiger partial charge in [-0.05, 0) is 42.7 Å². The predicted molar refractivity (Wildman–Crippen MR) is 111 cm³/mol. The van der Waals surface area contributed by atoms with Crippen LogP contribution >= 0.6 is 0 Å². The lowest BCUT2D eigenvalue weighted by Gasteiger charge is -2.10. The van der Waals surface area contributed by atoms with Gasteiger partial charge in [0.25, 0.3) is 11.8 Å². The highest BCUT2D eigenvalue weighted by atomic mass is 16.2. The molecule has 0 fully saturated rings. The zero-order chi connectivity index (χ0) is 21.0. The topological polar surface area (TPSA) is 124 Å². The molecule has 0 aliphatic carbocycles. The van der Waals surface area contributed by atoms with Crippen molar-refractivity contribution in [3.63, 3.8) is 0 Å². The molecular weight excluding hydrogens is 366 g/mol. The fourth-order valence-corrected chi connectivity index (χ4v) is 3.00. The Bertz CT molecular complexity index is 1080. The van der Waals surface area contributed by atoms with Crippen molar-refractivity contribution < 1.29 is 9.59 Å². The average molecular weight is 389 g/mol. The second kappa shape index (κ2) is 8.52. The molecule has 2 amide bonds. The van der Waals surface area contributed by atoms with Gasteiger partial charge >= 0.3 is 0 Å². The fraction of sp³-hybridized carbons (Fsp3) is 0.182. The molecule has 148 valence electrons. The smallest absolute Gasteiger partial charge is 0.271 e. The molecule has 0 spiro atoms. The van der Waals surface area contributed by atoms with Gasteiger partial charge in [-0.3, -0.25) is 9.59 Å². The van der Waals surface area contributed by atoms with Gasteiger partial charge in [0.2, 0.25) is 0 Å². The first-order valence-electron chi connectivity index (χ1n) is 9.18. The number of nitrogens with one attached hydrogen (secondary N) is 1. The van der Waals surface area contributed by atoms with E-state index >= 15 is 0 Å². The SMILES string of the molecule is Cc1ccc(C)c(CNC(=O)c2cccc(Cc3cnc(N)c(C(N)=O)n3)c2)c1. The van der Waals surface area contributed by atoms with Crippen molar-refractivity contribution in [2.75, 3.05) is 5.73 Å². The van der Waals surface area contributed by atoms with Crippen LogP contribution in [0.2, 0.25) is 0 Å². The van der Waals surface area contributed by atoms with E-state index in [-0.39, 0.29) is 17.4 Å². The van der Waals surface area contributed by atoms with Crippen LogP contribution in [0, 0.1) is 13.8 Å². The van der Waals surface area contributed by atoms with E-state index in [9.17, 15) is 9.59 Å². The highest BCUT2D eigenvalue weighted by Crippen LogP contribution is 2.14. The zero-order valence-electron chi connectivity index (χ0n) is 16.4. The van der Waals surface area contributed by atoms with Gasteiger partial charge in [0, 0.05) is 18.5 Å². The molecule has 29 heavy (non-hydrogen) atoms. The number of amides is 2. The van der Waals surface area contributed by atoms with Gasteiger partial charge in [-0.15, -0.1) is 0 Å². The minimum atomic E-state index is -0.726. The maximum atomic E-state index is 12.6. The molecule has 0 saturated heterocycles. The van der Waals surface area contributed by atoms with E-state index in [4.69, 9.17) is 11.5 Å². The lowest BCUT2D eigenvalue weighted by atomic mass is 10.0. The molecule has 1 heterocycles. The molecule has 1 aromatic heterocycles. The van der Waals surface area contributed by atoms with Crippen LogP contribution in [0.1, 0.15) is 48.8 Å². The Morgan fingerprint density at radius 3 is 2.66 bits per heavy atom. The van der Waals surface area contributed by atoms with Crippen LogP contribution in [0.15, 0.2) is 48.7 Å². The monoisotopic (exact) mass is 389 g/mol. The lowest BCUT2D eigenvalue weighted by molar-refractivity contribution is 0.0949. The number of carbonyl (C=O) groups excluding carboxylic acids is 2. The molecule has 0 aliphatic heterocycles. The number of hydrogen-bond acceptors (Lipinski definition) is 5. The third kappa shape index (κ3) is 4.95. The summed E-state index contributed by atoms with van der Waals surface area (Å²) in [6, 6.07) is 13.4. The number of aromatic nitrogens is 2. The number of nitrogens with zero attached hydrogens (tertiary/aromatic N) is 2. The van der Waals surface area contributed by atoms with E-state index in [2.05, 4.69) is 21.4 Å². The van der Waals surface area contributed by atoms with E-state index in [0.29, 0.717) is 24.2 Å². The summed E-state index contributed by atoms with van der Waals surface area (Å²) in [5.74, 6) is -0.883. The van der Waals surface area contributed by atoms with E-state index in [1.807, 2.05) is 38.1 Å². The Morgan fingerprint density at radius 2 is 1.90 bits per heavy atom.